The first kappa shape index (κ1) is 21.7. The monoisotopic (exact) mass is 446 g/mol. The predicted octanol–water partition coefficient (Wildman–Crippen LogP) is 7.18. The van der Waals surface area contributed by atoms with Gasteiger partial charge in [-0.05, 0) is 45.7 Å². The van der Waals surface area contributed by atoms with Crippen LogP contribution in [-0.4, -0.2) is 18.2 Å². The molecule has 1 N–H and O–H groups in total. The highest BCUT2D eigenvalue weighted by Gasteiger charge is 2.47. The molecule has 0 heterocycles. The number of para-hydroxylation sites is 1. The Morgan fingerprint density at radius 3 is 1.71 bits per heavy atom. The van der Waals surface area contributed by atoms with Crippen molar-refractivity contribution in [2.75, 3.05) is 7.11 Å². The molecular weight excluding hydrogens is 420 g/mol. The largest absolute Gasteiger partial charge is 0.496 e. The number of hydrogen-bond acceptors (Lipinski definition) is 2. The third-order valence-corrected chi connectivity index (χ3v) is 6.96. The molecule has 34 heavy (non-hydrogen) atoms. The van der Waals surface area contributed by atoms with Crippen molar-refractivity contribution in [3.8, 4) is 5.75 Å². The Labute approximate surface area is 199 Å². The lowest BCUT2D eigenvalue weighted by atomic mass is 9.64. The van der Waals surface area contributed by atoms with Crippen LogP contribution in [0.4, 0.5) is 0 Å². The number of carboxylic acid groups (broad SMARTS) is 1. The summed E-state index contributed by atoms with van der Waals surface area (Å²) in [7, 11) is 1.59. The van der Waals surface area contributed by atoms with E-state index in [1.165, 1.54) is 0 Å². The number of carbonyl (C=O) groups is 1. The van der Waals surface area contributed by atoms with Crippen molar-refractivity contribution >= 4 is 27.5 Å². The molecule has 3 heteroatoms. The van der Waals surface area contributed by atoms with Crippen LogP contribution in [0.25, 0.3) is 21.5 Å². The SMILES string of the molecule is COc1ccccc1[C@](C)(C(=O)O)C(c1cccc2ccccc12)c1cccc2ccccc12. The maximum absolute atomic E-state index is 13.3. The quantitative estimate of drug-likeness (QED) is 0.301. The molecule has 5 aromatic carbocycles. The molecule has 0 aliphatic rings. The summed E-state index contributed by atoms with van der Waals surface area (Å²) in [5.74, 6) is -0.806. The number of aliphatic carboxylic acids is 1. The van der Waals surface area contributed by atoms with Gasteiger partial charge in [0.15, 0.2) is 0 Å². The first-order valence-electron chi connectivity index (χ1n) is 11.4. The van der Waals surface area contributed by atoms with Gasteiger partial charge in [-0.3, -0.25) is 4.79 Å². The van der Waals surface area contributed by atoms with E-state index in [-0.39, 0.29) is 0 Å². The summed E-state index contributed by atoms with van der Waals surface area (Å²) in [6.07, 6.45) is 0. The van der Waals surface area contributed by atoms with Crippen LogP contribution < -0.4 is 4.74 Å². The second-order valence-electron chi connectivity index (χ2n) is 8.78. The van der Waals surface area contributed by atoms with Gasteiger partial charge in [-0.2, -0.15) is 0 Å². The van der Waals surface area contributed by atoms with E-state index in [0.29, 0.717) is 11.3 Å². The van der Waals surface area contributed by atoms with Crippen LogP contribution in [0.15, 0.2) is 109 Å². The fraction of sp³-hybridized carbons (Fsp3) is 0.129. The van der Waals surface area contributed by atoms with Gasteiger partial charge in [-0.25, -0.2) is 0 Å². The standard InChI is InChI=1S/C31H26O3/c1-31(30(32)33,27-19-7-8-20-28(27)34-2)29(25-17-9-13-21-11-3-5-15-23(21)25)26-18-10-14-22-12-4-6-16-24(22)26/h3-20,29H,1-2H3,(H,32,33)/t31-/m0/s1. The topological polar surface area (TPSA) is 46.5 Å². The van der Waals surface area contributed by atoms with Crippen molar-refractivity contribution in [2.45, 2.75) is 18.3 Å². The molecule has 0 radical (unpaired) electrons. The zero-order valence-electron chi connectivity index (χ0n) is 19.2. The first-order valence-corrected chi connectivity index (χ1v) is 11.4. The Morgan fingerprint density at radius 1 is 0.706 bits per heavy atom. The molecule has 168 valence electrons. The van der Waals surface area contributed by atoms with Crippen molar-refractivity contribution in [1.29, 1.82) is 0 Å². The van der Waals surface area contributed by atoms with E-state index in [9.17, 15) is 9.90 Å². The van der Waals surface area contributed by atoms with E-state index in [2.05, 4.69) is 48.5 Å². The van der Waals surface area contributed by atoms with Gasteiger partial charge in [0.05, 0.1) is 7.11 Å². The molecule has 0 saturated carbocycles. The summed E-state index contributed by atoms with van der Waals surface area (Å²) < 4.78 is 5.68. The minimum Gasteiger partial charge on any atom is -0.496 e. The number of methoxy groups -OCH3 is 1. The van der Waals surface area contributed by atoms with E-state index in [1.54, 1.807) is 7.11 Å². The highest BCUT2D eigenvalue weighted by molar-refractivity contribution is 5.94. The summed E-state index contributed by atoms with van der Waals surface area (Å²) in [5.41, 5.74) is 1.30. The van der Waals surface area contributed by atoms with E-state index < -0.39 is 17.3 Å². The second kappa shape index (κ2) is 8.68. The van der Waals surface area contributed by atoms with Crippen molar-refractivity contribution in [3.63, 3.8) is 0 Å². The van der Waals surface area contributed by atoms with Crippen LogP contribution >= 0.6 is 0 Å². The predicted molar refractivity (Wildman–Crippen MR) is 138 cm³/mol. The molecule has 0 aliphatic heterocycles. The lowest BCUT2D eigenvalue weighted by Gasteiger charge is -2.37. The molecule has 1 atom stereocenters. The molecule has 3 nitrogen and oxygen atoms in total. The van der Waals surface area contributed by atoms with Crippen LogP contribution in [-0.2, 0) is 10.2 Å². The molecule has 0 amide bonds. The molecule has 5 rings (SSSR count). The summed E-state index contributed by atoms with van der Waals surface area (Å²) >= 11 is 0. The number of fused-ring (bicyclic) bond motifs is 2. The lowest BCUT2D eigenvalue weighted by molar-refractivity contribution is -0.143. The summed E-state index contributed by atoms with van der Waals surface area (Å²) in [5, 5.41) is 15.1. The van der Waals surface area contributed by atoms with Gasteiger partial charge in [-0.15, -0.1) is 0 Å². The highest BCUT2D eigenvalue weighted by Crippen LogP contribution is 2.49. The van der Waals surface area contributed by atoms with Crippen LogP contribution in [0.2, 0.25) is 0 Å². The number of hydrogen-bond donors (Lipinski definition) is 1. The maximum Gasteiger partial charge on any atom is 0.314 e. The number of carboxylic acids is 1. The number of benzene rings is 5. The van der Waals surface area contributed by atoms with E-state index in [4.69, 9.17) is 4.74 Å². The fourth-order valence-electron chi connectivity index (χ4n) is 5.26. The number of rotatable bonds is 6. The van der Waals surface area contributed by atoms with Gasteiger partial charge in [0.1, 0.15) is 11.2 Å². The van der Waals surface area contributed by atoms with Crippen molar-refractivity contribution in [2.24, 2.45) is 0 Å². The lowest BCUT2D eigenvalue weighted by Crippen LogP contribution is -2.40. The second-order valence-corrected chi connectivity index (χ2v) is 8.78. The number of ether oxygens (including phenoxy) is 1. The minimum absolute atomic E-state index is 0.474. The van der Waals surface area contributed by atoms with E-state index >= 15 is 0 Å². The van der Waals surface area contributed by atoms with Crippen molar-refractivity contribution < 1.29 is 14.6 Å². The van der Waals surface area contributed by atoms with Gasteiger partial charge in [-0.1, -0.05) is 103 Å². The van der Waals surface area contributed by atoms with Crippen LogP contribution in [0.3, 0.4) is 0 Å². The fourth-order valence-corrected chi connectivity index (χ4v) is 5.26. The summed E-state index contributed by atoms with van der Waals surface area (Å²) in [6.45, 7) is 1.82. The highest BCUT2D eigenvalue weighted by atomic mass is 16.5. The van der Waals surface area contributed by atoms with Crippen molar-refractivity contribution in [3.05, 3.63) is 126 Å². The van der Waals surface area contributed by atoms with Crippen LogP contribution in [0, 0.1) is 0 Å². The summed E-state index contributed by atoms with van der Waals surface area (Å²) in [6, 6.07) is 36.1. The first-order chi connectivity index (χ1) is 16.6. The van der Waals surface area contributed by atoms with Gasteiger partial charge in [0, 0.05) is 11.5 Å². The maximum atomic E-state index is 13.3. The molecule has 0 fully saturated rings. The third kappa shape index (κ3) is 3.41. The Kier molecular flexibility index (Phi) is 5.54. The summed E-state index contributed by atoms with van der Waals surface area (Å²) in [4.78, 5) is 13.3. The smallest absolute Gasteiger partial charge is 0.314 e. The van der Waals surface area contributed by atoms with E-state index in [1.807, 2.05) is 67.6 Å². The normalized spacial score (nSPS) is 13.1. The van der Waals surface area contributed by atoms with E-state index in [0.717, 1.165) is 32.7 Å². The molecule has 0 spiro atoms. The molecule has 0 unspecified atom stereocenters. The zero-order valence-corrected chi connectivity index (χ0v) is 19.2. The Morgan fingerprint density at radius 2 is 1.18 bits per heavy atom. The molecular formula is C31H26O3. The van der Waals surface area contributed by atoms with Crippen LogP contribution in [0.1, 0.15) is 29.5 Å². The molecule has 0 aliphatic carbocycles. The Hall–Kier alpha value is -4.11. The van der Waals surface area contributed by atoms with Gasteiger partial charge < -0.3 is 9.84 Å². The average molecular weight is 447 g/mol. The molecule has 5 aromatic rings. The van der Waals surface area contributed by atoms with Gasteiger partial charge in [0.2, 0.25) is 0 Å². The average Bonchev–Trinajstić information content (AvgIpc) is 2.89. The Balaban J connectivity index is 1.93. The van der Waals surface area contributed by atoms with Crippen molar-refractivity contribution in [1.82, 2.24) is 0 Å². The zero-order chi connectivity index (χ0) is 23.7. The van der Waals surface area contributed by atoms with Gasteiger partial charge in [0.25, 0.3) is 0 Å². The molecule has 0 bridgehead atoms. The molecule has 0 aromatic heterocycles. The minimum atomic E-state index is -1.30. The van der Waals surface area contributed by atoms with Gasteiger partial charge >= 0.3 is 5.97 Å². The molecule has 0 saturated heterocycles. The third-order valence-electron chi connectivity index (χ3n) is 6.96. The van der Waals surface area contributed by atoms with Crippen LogP contribution in [0.5, 0.6) is 5.75 Å². The Bertz CT molecular complexity index is 1410.